The first-order valence-electron chi connectivity index (χ1n) is 10.3. The molecule has 0 spiro atoms. The molecule has 164 valence electrons. The molecule has 8 nitrogen and oxygen atoms in total. The summed E-state index contributed by atoms with van der Waals surface area (Å²) in [6.45, 7) is 1.95. The number of benzene rings is 2. The molecule has 31 heavy (non-hydrogen) atoms. The van der Waals surface area contributed by atoms with E-state index in [1.54, 1.807) is 37.3 Å². The number of methoxy groups -OCH3 is 2. The smallest absolute Gasteiger partial charge is 0.229 e. The number of amides is 2. The Morgan fingerprint density at radius 3 is 2.61 bits per heavy atom. The third kappa shape index (κ3) is 4.68. The van der Waals surface area contributed by atoms with Crippen molar-refractivity contribution in [2.24, 2.45) is 5.92 Å². The third-order valence-corrected chi connectivity index (χ3v) is 5.51. The SMILES string of the molecule is COc1ccc(CCN2C[C@@H](C(=O)Nc3ccc4c(c3)OCCO4)CC2=O)cc1OC. The lowest BCUT2D eigenvalue weighted by atomic mass is 10.1. The second-order valence-electron chi connectivity index (χ2n) is 7.53. The standard InChI is InChI=1S/C23H26N2O6/c1-28-18-5-3-15(11-20(18)29-2)7-8-25-14-16(12-22(25)26)23(27)24-17-4-6-19-21(13-17)31-10-9-30-19/h3-6,11,13,16H,7-10,12,14H2,1-2H3,(H,24,27)/t16-/m0/s1. The number of carbonyl (C=O) groups is 2. The Kier molecular flexibility index (Phi) is 6.16. The lowest BCUT2D eigenvalue weighted by Crippen LogP contribution is -2.30. The average molecular weight is 426 g/mol. The first-order chi connectivity index (χ1) is 15.1. The normalized spacial score (nSPS) is 17.4. The summed E-state index contributed by atoms with van der Waals surface area (Å²) in [5.41, 5.74) is 1.67. The molecular weight excluding hydrogens is 400 g/mol. The van der Waals surface area contributed by atoms with Crippen LogP contribution in [0.25, 0.3) is 0 Å². The number of likely N-dealkylation sites (tertiary alicyclic amines) is 1. The molecule has 1 saturated heterocycles. The lowest BCUT2D eigenvalue weighted by molar-refractivity contribution is -0.128. The van der Waals surface area contributed by atoms with E-state index in [2.05, 4.69) is 5.32 Å². The van der Waals surface area contributed by atoms with Crippen LogP contribution in [0.5, 0.6) is 23.0 Å². The van der Waals surface area contributed by atoms with E-state index in [1.165, 1.54) is 0 Å². The maximum Gasteiger partial charge on any atom is 0.229 e. The number of hydrogen-bond donors (Lipinski definition) is 1. The molecule has 8 heteroatoms. The summed E-state index contributed by atoms with van der Waals surface area (Å²) in [4.78, 5) is 26.9. The Bertz CT molecular complexity index is 977. The minimum atomic E-state index is -0.383. The van der Waals surface area contributed by atoms with Crippen LogP contribution in [0.4, 0.5) is 5.69 Å². The summed E-state index contributed by atoms with van der Waals surface area (Å²) in [5.74, 6) is 2.04. The van der Waals surface area contributed by atoms with Crippen molar-refractivity contribution in [3.8, 4) is 23.0 Å². The predicted octanol–water partition coefficient (Wildman–Crippen LogP) is 2.50. The van der Waals surface area contributed by atoms with Crippen LogP contribution < -0.4 is 24.3 Å². The molecule has 0 unspecified atom stereocenters. The van der Waals surface area contributed by atoms with Crippen LogP contribution in [0.1, 0.15) is 12.0 Å². The average Bonchev–Trinajstić information content (AvgIpc) is 3.18. The molecule has 2 aliphatic rings. The monoisotopic (exact) mass is 426 g/mol. The molecule has 0 aromatic heterocycles. The van der Waals surface area contributed by atoms with Gasteiger partial charge in [-0.25, -0.2) is 0 Å². The lowest BCUT2D eigenvalue weighted by Gasteiger charge is -2.19. The highest BCUT2D eigenvalue weighted by Crippen LogP contribution is 2.33. The Labute approximate surface area is 181 Å². The molecular formula is C23H26N2O6. The molecule has 0 aliphatic carbocycles. The van der Waals surface area contributed by atoms with E-state index < -0.39 is 0 Å². The number of nitrogens with one attached hydrogen (secondary N) is 1. The van der Waals surface area contributed by atoms with Gasteiger partial charge in [0.15, 0.2) is 23.0 Å². The van der Waals surface area contributed by atoms with Crippen LogP contribution in [0.15, 0.2) is 36.4 Å². The van der Waals surface area contributed by atoms with Crippen molar-refractivity contribution >= 4 is 17.5 Å². The van der Waals surface area contributed by atoms with Crippen LogP contribution in [0, 0.1) is 5.92 Å². The Morgan fingerprint density at radius 2 is 1.84 bits per heavy atom. The van der Waals surface area contributed by atoms with E-state index in [4.69, 9.17) is 18.9 Å². The molecule has 2 heterocycles. The Balaban J connectivity index is 1.33. The fourth-order valence-corrected chi connectivity index (χ4v) is 3.83. The van der Waals surface area contributed by atoms with Gasteiger partial charge in [-0.05, 0) is 36.2 Å². The van der Waals surface area contributed by atoms with E-state index in [0.29, 0.717) is 61.4 Å². The number of ether oxygens (including phenoxy) is 4. The summed E-state index contributed by atoms with van der Waals surface area (Å²) in [6, 6.07) is 11.0. The summed E-state index contributed by atoms with van der Waals surface area (Å²) >= 11 is 0. The van der Waals surface area contributed by atoms with Crippen LogP contribution in [0.2, 0.25) is 0 Å². The fourth-order valence-electron chi connectivity index (χ4n) is 3.83. The van der Waals surface area contributed by atoms with Gasteiger partial charge >= 0.3 is 0 Å². The maximum absolute atomic E-state index is 12.7. The van der Waals surface area contributed by atoms with Crippen molar-refractivity contribution in [3.05, 3.63) is 42.0 Å². The second kappa shape index (κ2) is 9.16. The highest BCUT2D eigenvalue weighted by Gasteiger charge is 2.34. The van der Waals surface area contributed by atoms with Gasteiger partial charge in [-0.3, -0.25) is 9.59 Å². The van der Waals surface area contributed by atoms with Gasteiger partial charge in [0, 0.05) is 31.3 Å². The molecule has 1 N–H and O–H groups in total. The van der Waals surface area contributed by atoms with Gasteiger partial charge in [-0.15, -0.1) is 0 Å². The fraction of sp³-hybridized carbons (Fsp3) is 0.391. The topological polar surface area (TPSA) is 86.3 Å². The van der Waals surface area contributed by atoms with E-state index in [0.717, 1.165) is 5.56 Å². The first kappa shape index (κ1) is 20.8. The molecule has 2 amide bonds. The summed E-state index contributed by atoms with van der Waals surface area (Å²) in [5, 5.41) is 2.89. The van der Waals surface area contributed by atoms with Crippen LogP contribution in [0.3, 0.4) is 0 Å². The number of nitrogens with zero attached hydrogens (tertiary/aromatic N) is 1. The molecule has 4 rings (SSSR count). The molecule has 0 radical (unpaired) electrons. The van der Waals surface area contributed by atoms with Crippen LogP contribution in [-0.4, -0.2) is 57.2 Å². The van der Waals surface area contributed by atoms with E-state index in [-0.39, 0.29) is 24.2 Å². The summed E-state index contributed by atoms with van der Waals surface area (Å²) in [6.07, 6.45) is 0.880. The van der Waals surface area contributed by atoms with Gasteiger partial charge in [-0.1, -0.05) is 6.07 Å². The zero-order valence-corrected chi connectivity index (χ0v) is 17.7. The number of rotatable bonds is 7. The number of anilines is 1. The molecule has 0 bridgehead atoms. The van der Waals surface area contributed by atoms with Crippen molar-refractivity contribution < 1.29 is 28.5 Å². The number of hydrogen-bond acceptors (Lipinski definition) is 6. The molecule has 1 atom stereocenters. The Morgan fingerprint density at radius 1 is 1.06 bits per heavy atom. The largest absolute Gasteiger partial charge is 0.493 e. The summed E-state index contributed by atoms with van der Waals surface area (Å²) < 4.78 is 21.6. The zero-order valence-electron chi connectivity index (χ0n) is 17.7. The maximum atomic E-state index is 12.7. The van der Waals surface area contributed by atoms with Gasteiger partial charge in [0.2, 0.25) is 11.8 Å². The molecule has 2 aromatic carbocycles. The minimum Gasteiger partial charge on any atom is -0.493 e. The first-order valence-corrected chi connectivity index (χ1v) is 10.3. The van der Waals surface area contributed by atoms with E-state index >= 15 is 0 Å². The van der Waals surface area contributed by atoms with Gasteiger partial charge in [0.05, 0.1) is 20.1 Å². The Hall–Kier alpha value is -3.42. The quantitative estimate of drug-likeness (QED) is 0.732. The van der Waals surface area contributed by atoms with Crippen molar-refractivity contribution in [3.63, 3.8) is 0 Å². The van der Waals surface area contributed by atoms with Gasteiger partial charge in [0.25, 0.3) is 0 Å². The van der Waals surface area contributed by atoms with Crippen LogP contribution >= 0.6 is 0 Å². The second-order valence-corrected chi connectivity index (χ2v) is 7.53. The predicted molar refractivity (Wildman–Crippen MR) is 114 cm³/mol. The van der Waals surface area contributed by atoms with Crippen molar-refractivity contribution in [2.75, 3.05) is 45.8 Å². The van der Waals surface area contributed by atoms with Crippen molar-refractivity contribution in [1.82, 2.24) is 4.90 Å². The molecule has 0 saturated carbocycles. The van der Waals surface area contributed by atoms with Gasteiger partial charge in [-0.2, -0.15) is 0 Å². The van der Waals surface area contributed by atoms with Gasteiger partial charge < -0.3 is 29.2 Å². The highest BCUT2D eigenvalue weighted by atomic mass is 16.6. The number of carbonyl (C=O) groups excluding carboxylic acids is 2. The van der Waals surface area contributed by atoms with E-state index in [1.807, 2.05) is 18.2 Å². The molecule has 2 aliphatic heterocycles. The minimum absolute atomic E-state index is 0.0113. The highest BCUT2D eigenvalue weighted by molar-refractivity contribution is 5.97. The van der Waals surface area contributed by atoms with Crippen LogP contribution in [-0.2, 0) is 16.0 Å². The van der Waals surface area contributed by atoms with E-state index in [9.17, 15) is 9.59 Å². The zero-order chi connectivity index (χ0) is 21.8. The summed E-state index contributed by atoms with van der Waals surface area (Å²) in [7, 11) is 3.19. The molecule has 1 fully saturated rings. The van der Waals surface area contributed by atoms with Crippen molar-refractivity contribution in [1.29, 1.82) is 0 Å². The number of fused-ring (bicyclic) bond motifs is 1. The van der Waals surface area contributed by atoms with Crippen molar-refractivity contribution in [2.45, 2.75) is 12.8 Å². The third-order valence-electron chi connectivity index (χ3n) is 5.51. The molecule has 2 aromatic rings. The van der Waals surface area contributed by atoms with Gasteiger partial charge in [0.1, 0.15) is 13.2 Å².